The predicted molar refractivity (Wildman–Crippen MR) is 77.2 cm³/mol. The van der Waals surface area contributed by atoms with Crippen LogP contribution in [0.15, 0.2) is 12.1 Å². The van der Waals surface area contributed by atoms with Crippen molar-refractivity contribution in [3.63, 3.8) is 0 Å². The summed E-state index contributed by atoms with van der Waals surface area (Å²) in [5, 5.41) is 12.6. The highest BCUT2D eigenvalue weighted by molar-refractivity contribution is 5.46. The van der Waals surface area contributed by atoms with Gasteiger partial charge in [0, 0.05) is 24.8 Å². The lowest BCUT2D eigenvalue weighted by Crippen LogP contribution is -2.38. The zero-order valence-electron chi connectivity index (χ0n) is 11.8. The maximum Gasteiger partial charge on any atom is 0.130 e. The first kappa shape index (κ1) is 13.8. The lowest BCUT2D eigenvalue weighted by Gasteiger charge is -2.27. The fourth-order valence-electron chi connectivity index (χ4n) is 2.63. The number of nitriles is 1. The van der Waals surface area contributed by atoms with E-state index in [-0.39, 0.29) is 0 Å². The predicted octanol–water partition coefficient (Wildman–Crippen LogP) is 2.23. The van der Waals surface area contributed by atoms with Gasteiger partial charge in [-0.3, -0.25) is 0 Å². The number of hydrogen-bond donors (Lipinski definition) is 1. The summed E-state index contributed by atoms with van der Waals surface area (Å²) in [6.07, 6.45) is 3.58. The van der Waals surface area contributed by atoms with Gasteiger partial charge >= 0.3 is 0 Å². The van der Waals surface area contributed by atoms with Crippen LogP contribution in [0.5, 0.6) is 0 Å². The summed E-state index contributed by atoms with van der Waals surface area (Å²) in [6.45, 7) is 7.21. The van der Waals surface area contributed by atoms with Crippen molar-refractivity contribution >= 4 is 5.82 Å². The Labute approximate surface area is 115 Å². The number of rotatable bonds is 5. The standard InChI is InChI=1S/C15H22N4/c1-3-7-19(11-14-5-4-6-17-14)15-9-13(10-16)8-12(2)18-15/h8-9,14,17H,3-7,11H2,1-2H3. The van der Waals surface area contributed by atoms with Crippen molar-refractivity contribution in [1.29, 1.82) is 5.26 Å². The van der Waals surface area contributed by atoms with E-state index in [1.807, 2.05) is 19.1 Å². The molecule has 0 radical (unpaired) electrons. The summed E-state index contributed by atoms with van der Waals surface area (Å²) in [5.74, 6) is 0.937. The molecule has 19 heavy (non-hydrogen) atoms. The average molecular weight is 258 g/mol. The Balaban J connectivity index is 2.17. The summed E-state index contributed by atoms with van der Waals surface area (Å²) < 4.78 is 0. The second kappa shape index (κ2) is 6.53. The molecule has 1 unspecified atom stereocenters. The molecule has 4 nitrogen and oxygen atoms in total. The molecule has 2 rings (SSSR count). The van der Waals surface area contributed by atoms with E-state index in [0.717, 1.165) is 37.6 Å². The van der Waals surface area contributed by atoms with E-state index in [4.69, 9.17) is 5.26 Å². The Bertz CT molecular complexity index is 458. The van der Waals surface area contributed by atoms with Gasteiger partial charge in [-0.05, 0) is 44.9 Å². The zero-order chi connectivity index (χ0) is 13.7. The highest BCUT2D eigenvalue weighted by Crippen LogP contribution is 2.17. The first-order chi connectivity index (χ1) is 9.22. The fourth-order valence-corrected chi connectivity index (χ4v) is 2.63. The Morgan fingerprint density at radius 1 is 1.53 bits per heavy atom. The molecule has 1 aromatic rings. The number of aromatic nitrogens is 1. The Morgan fingerprint density at radius 2 is 2.37 bits per heavy atom. The first-order valence-electron chi connectivity index (χ1n) is 7.10. The van der Waals surface area contributed by atoms with Crippen molar-refractivity contribution in [2.24, 2.45) is 0 Å². The number of nitrogens with one attached hydrogen (secondary N) is 1. The Kier molecular flexibility index (Phi) is 4.75. The maximum absolute atomic E-state index is 9.07. The molecule has 0 saturated carbocycles. The van der Waals surface area contributed by atoms with Gasteiger partial charge in [0.2, 0.25) is 0 Å². The summed E-state index contributed by atoms with van der Waals surface area (Å²) in [5.41, 5.74) is 1.61. The van der Waals surface area contributed by atoms with Crippen molar-refractivity contribution in [3.05, 3.63) is 23.4 Å². The molecule has 0 aromatic carbocycles. The smallest absolute Gasteiger partial charge is 0.130 e. The largest absolute Gasteiger partial charge is 0.355 e. The third-order valence-corrected chi connectivity index (χ3v) is 3.49. The van der Waals surface area contributed by atoms with E-state index < -0.39 is 0 Å². The van der Waals surface area contributed by atoms with Crippen LogP contribution >= 0.6 is 0 Å². The van der Waals surface area contributed by atoms with Gasteiger partial charge in [-0.2, -0.15) is 5.26 Å². The van der Waals surface area contributed by atoms with Crippen LogP contribution < -0.4 is 10.2 Å². The van der Waals surface area contributed by atoms with E-state index in [1.54, 1.807) is 0 Å². The van der Waals surface area contributed by atoms with Crippen molar-refractivity contribution in [2.75, 3.05) is 24.5 Å². The number of aryl methyl sites for hydroxylation is 1. The minimum absolute atomic E-state index is 0.555. The molecule has 1 aliphatic rings. The molecule has 0 amide bonds. The number of nitrogens with zero attached hydrogens (tertiary/aromatic N) is 3. The van der Waals surface area contributed by atoms with Gasteiger partial charge in [0.05, 0.1) is 11.6 Å². The normalized spacial score (nSPS) is 18.3. The van der Waals surface area contributed by atoms with E-state index in [1.165, 1.54) is 12.8 Å². The summed E-state index contributed by atoms with van der Waals surface area (Å²) >= 11 is 0. The lowest BCUT2D eigenvalue weighted by molar-refractivity contribution is 0.575. The second-order valence-corrected chi connectivity index (χ2v) is 5.21. The molecule has 0 bridgehead atoms. The maximum atomic E-state index is 9.07. The highest BCUT2D eigenvalue weighted by atomic mass is 15.2. The van der Waals surface area contributed by atoms with Crippen molar-refractivity contribution in [3.8, 4) is 6.07 Å². The quantitative estimate of drug-likeness (QED) is 0.880. The van der Waals surface area contributed by atoms with Crippen molar-refractivity contribution < 1.29 is 0 Å². The molecule has 4 heteroatoms. The number of anilines is 1. The fraction of sp³-hybridized carbons (Fsp3) is 0.600. The van der Waals surface area contributed by atoms with Crippen LogP contribution in [0.4, 0.5) is 5.82 Å². The van der Waals surface area contributed by atoms with Crippen LogP contribution in [0.2, 0.25) is 0 Å². The molecule has 1 atom stereocenters. The highest BCUT2D eigenvalue weighted by Gasteiger charge is 2.18. The third-order valence-electron chi connectivity index (χ3n) is 3.49. The lowest BCUT2D eigenvalue weighted by atomic mass is 10.2. The molecule has 1 N–H and O–H groups in total. The summed E-state index contributed by atoms with van der Waals surface area (Å²) in [6, 6.07) is 6.51. The number of hydrogen-bond acceptors (Lipinski definition) is 4. The van der Waals surface area contributed by atoms with Gasteiger partial charge in [0.15, 0.2) is 0 Å². The van der Waals surface area contributed by atoms with Crippen LogP contribution in [-0.2, 0) is 0 Å². The van der Waals surface area contributed by atoms with Crippen LogP contribution in [0, 0.1) is 18.3 Å². The molecule has 1 saturated heterocycles. The minimum Gasteiger partial charge on any atom is -0.355 e. The average Bonchev–Trinajstić information content (AvgIpc) is 2.90. The topological polar surface area (TPSA) is 52.0 Å². The van der Waals surface area contributed by atoms with Crippen LogP contribution in [0.25, 0.3) is 0 Å². The van der Waals surface area contributed by atoms with E-state index >= 15 is 0 Å². The Morgan fingerprint density at radius 3 is 3.00 bits per heavy atom. The molecule has 1 fully saturated rings. The van der Waals surface area contributed by atoms with Gasteiger partial charge in [0.25, 0.3) is 0 Å². The van der Waals surface area contributed by atoms with Crippen LogP contribution in [-0.4, -0.2) is 30.7 Å². The van der Waals surface area contributed by atoms with E-state index in [0.29, 0.717) is 11.6 Å². The molecule has 1 aromatic heterocycles. The Hall–Kier alpha value is -1.60. The first-order valence-corrected chi connectivity index (χ1v) is 7.10. The van der Waals surface area contributed by atoms with E-state index in [2.05, 4.69) is 28.2 Å². The second-order valence-electron chi connectivity index (χ2n) is 5.21. The molecule has 0 aliphatic carbocycles. The summed E-state index contributed by atoms with van der Waals surface area (Å²) in [7, 11) is 0. The molecule has 0 spiro atoms. The molecule has 1 aliphatic heterocycles. The van der Waals surface area contributed by atoms with Gasteiger partial charge in [-0.25, -0.2) is 4.98 Å². The zero-order valence-corrected chi connectivity index (χ0v) is 11.8. The van der Waals surface area contributed by atoms with Gasteiger partial charge in [0.1, 0.15) is 5.82 Å². The van der Waals surface area contributed by atoms with E-state index in [9.17, 15) is 0 Å². The van der Waals surface area contributed by atoms with Crippen molar-refractivity contribution in [2.45, 2.75) is 39.2 Å². The molecular weight excluding hydrogens is 236 g/mol. The van der Waals surface area contributed by atoms with Gasteiger partial charge < -0.3 is 10.2 Å². The minimum atomic E-state index is 0.555. The van der Waals surface area contributed by atoms with Crippen LogP contribution in [0.1, 0.15) is 37.4 Å². The van der Waals surface area contributed by atoms with Crippen LogP contribution in [0.3, 0.4) is 0 Å². The molecule has 2 heterocycles. The molecular formula is C15H22N4. The summed E-state index contributed by atoms with van der Waals surface area (Å²) in [4.78, 5) is 6.89. The number of pyridine rings is 1. The van der Waals surface area contributed by atoms with Gasteiger partial charge in [-0.1, -0.05) is 6.92 Å². The molecule has 102 valence electrons. The third kappa shape index (κ3) is 3.68. The van der Waals surface area contributed by atoms with Crippen molar-refractivity contribution in [1.82, 2.24) is 10.3 Å². The van der Waals surface area contributed by atoms with Gasteiger partial charge in [-0.15, -0.1) is 0 Å². The SMILES string of the molecule is CCCN(CC1CCCN1)c1cc(C#N)cc(C)n1. The monoisotopic (exact) mass is 258 g/mol.